The number of ether oxygens (including phenoxy) is 1. The third-order valence-corrected chi connectivity index (χ3v) is 3.99. The van der Waals surface area contributed by atoms with Gasteiger partial charge in [0.05, 0.1) is 5.56 Å². The Labute approximate surface area is 152 Å². The molecule has 4 heteroatoms. The maximum Gasteiger partial charge on any atom is 0.265 e. The first-order valence-electron chi connectivity index (χ1n) is 8.35. The van der Waals surface area contributed by atoms with Crippen molar-refractivity contribution in [2.45, 2.75) is 13.0 Å². The highest BCUT2D eigenvalue weighted by Crippen LogP contribution is 2.28. The van der Waals surface area contributed by atoms with Crippen LogP contribution in [0.5, 0.6) is 5.75 Å². The van der Waals surface area contributed by atoms with Gasteiger partial charge in [0.25, 0.3) is 5.91 Å². The second-order valence-electron chi connectivity index (χ2n) is 5.82. The number of anilines is 1. The smallest absolute Gasteiger partial charge is 0.265 e. The predicted molar refractivity (Wildman–Crippen MR) is 102 cm³/mol. The molecule has 0 spiro atoms. The van der Waals surface area contributed by atoms with E-state index in [9.17, 15) is 9.59 Å². The van der Waals surface area contributed by atoms with Gasteiger partial charge in [-0.25, -0.2) is 0 Å². The summed E-state index contributed by atoms with van der Waals surface area (Å²) in [5.74, 6) is 0.107. The van der Waals surface area contributed by atoms with Gasteiger partial charge in [0.1, 0.15) is 5.75 Å². The van der Waals surface area contributed by atoms with Crippen molar-refractivity contribution in [3.8, 4) is 16.9 Å². The molecule has 0 saturated heterocycles. The standard InChI is InChI=1S/C22H19NO3/c1-16(26-21-14-8-5-11-18(21)15-24)22(25)23-20-13-7-6-12-19(20)17-9-3-2-4-10-17/h2-16H,1H3,(H,23,25)/t16-/m0/s1. The van der Waals surface area contributed by atoms with Crippen molar-refractivity contribution < 1.29 is 14.3 Å². The molecule has 0 heterocycles. The van der Waals surface area contributed by atoms with E-state index in [1.165, 1.54) is 0 Å². The zero-order valence-corrected chi connectivity index (χ0v) is 14.4. The number of aldehydes is 1. The van der Waals surface area contributed by atoms with Gasteiger partial charge in [-0.3, -0.25) is 9.59 Å². The lowest BCUT2D eigenvalue weighted by Crippen LogP contribution is -2.30. The molecule has 0 unspecified atom stereocenters. The predicted octanol–water partition coefficient (Wildman–Crippen LogP) is 4.57. The van der Waals surface area contributed by atoms with Crippen molar-refractivity contribution in [2.24, 2.45) is 0 Å². The lowest BCUT2D eigenvalue weighted by molar-refractivity contribution is -0.122. The molecule has 0 aliphatic carbocycles. The summed E-state index contributed by atoms with van der Waals surface area (Å²) in [6, 6.07) is 24.3. The Hall–Kier alpha value is -3.40. The average Bonchev–Trinajstić information content (AvgIpc) is 2.69. The molecule has 1 atom stereocenters. The van der Waals surface area contributed by atoms with Crippen molar-refractivity contribution in [3.05, 3.63) is 84.4 Å². The summed E-state index contributed by atoms with van der Waals surface area (Å²) in [6.45, 7) is 1.65. The van der Waals surface area contributed by atoms with Gasteiger partial charge in [0, 0.05) is 11.3 Å². The Kier molecular flexibility index (Phi) is 5.44. The minimum absolute atomic E-state index is 0.283. The van der Waals surface area contributed by atoms with Crippen LogP contribution in [0.3, 0.4) is 0 Å². The molecule has 26 heavy (non-hydrogen) atoms. The molecule has 3 aromatic carbocycles. The number of benzene rings is 3. The molecule has 1 amide bonds. The zero-order chi connectivity index (χ0) is 18.4. The Morgan fingerprint density at radius 3 is 2.35 bits per heavy atom. The van der Waals surface area contributed by atoms with E-state index in [1.54, 1.807) is 31.2 Å². The van der Waals surface area contributed by atoms with Crippen molar-refractivity contribution in [2.75, 3.05) is 5.32 Å². The summed E-state index contributed by atoms with van der Waals surface area (Å²) in [6.07, 6.45) is -0.0371. The summed E-state index contributed by atoms with van der Waals surface area (Å²) in [5.41, 5.74) is 3.07. The average molecular weight is 345 g/mol. The van der Waals surface area contributed by atoms with Crippen molar-refractivity contribution in [1.29, 1.82) is 0 Å². The largest absolute Gasteiger partial charge is 0.480 e. The van der Waals surface area contributed by atoms with Gasteiger partial charge >= 0.3 is 0 Å². The molecule has 3 aromatic rings. The Balaban J connectivity index is 1.77. The van der Waals surface area contributed by atoms with E-state index in [0.29, 0.717) is 23.3 Å². The maximum absolute atomic E-state index is 12.6. The van der Waals surface area contributed by atoms with Gasteiger partial charge in [-0.1, -0.05) is 60.7 Å². The highest BCUT2D eigenvalue weighted by Gasteiger charge is 2.17. The number of nitrogens with one attached hydrogen (secondary N) is 1. The summed E-state index contributed by atoms with van der Waals surface area (Å²) in [5, 5.41) is 2.91. The quantitative estimate of drug-likeness (QED) is 0.666. The van der Waals surface area contributed by atoms with E-state index in [4.69, 9.17) is 4.74 Å². The molecule has 4 nitrogen and oxygen atoms in total. The number of amides is 1. The molecule has 0 radical (unpaired) electrons. The Morgan fingerprint density at radius 2 is 1.58 bits per heavy atom. The van der Waals surface area contributed by atoms with Crippen LogP contribution in [0.1, 0.15) is 17.3 Å². The minimum Gasteiger partial charge on any atom is -0.480 e. The molecule has 1 N–H and O–H groups in total. The first-order chi connectivity index (χ1) is 12.7. The molecule has 0 aromatic heterocycles. The van der Waals surface area contributed by atoms with Crippen molar-refractivity contribution in [1.82, 2.24) is 0 Å². The van der Waals surface area contributed by atoms with E-state index >= 15 is 0 Å². The molecule has 0 saturated carbocycles. The van der Waals surface area contributed by atoms with Crippen LogP contribution in [-0.2, 0) is 4.79 Å². The fourth-order valence-corrected chi connectivity index (χ4v) is 2.63. The van der Waals surface area contributed by atoms with E-state index in [0.717, 1.165) is 11.1 Å². The highest BCUT2D eigenvalue weighted by molar-refractivity contribution is 5.98. The third kappa shape index (κ3) is 3.98. The fraction of sp³-hybridized carbons (Fsp3) is 0.0909. The Bertz CT molecular complexity index is 906. The number of carbonyl (C=O) groups is 2. The molecule has 130 valence electrons. The molecule has 0 fully saturated rings. The molecule has 0 bridgehead atoms. The summed E-state index contributed by atoms with van der Waals surface area (Å²) in [7, 11) is 0. The van der Waals surface area contributed by atoms with Crippen LogP contribution in [0.15, 0.2) is 78.9 Å². The number of hydrogen-bond donors (Lipinski definition) is 1. The molecule has 0 aliphatic heterocycles. The number of para-hydroxylation sites is 2. The van der Waals surface area contributed by atoms with Crippen molar-refractivity contribution >= 4 is 17.9 Å². The lowest BCUT2D eigenvalue weighted by Gasteiger charge is -2.17. The van der Waals surface area contributed by atoms with Gasteiger partial charge in [0.15, 0.2) is 12.4 Å². The van der Waals surface area contributed by atoms with E-state index in [2.05, 4.69) is 5.32 Å². The zero-order valence-electron chi connectivity index (χ0n) is 14.4. The molecule has 3 rings (SSSR count). The first-order valence-corrected chi connectivity index (χ1v) is 8.35. The monoisotopic (exact) mass is 345 g/mol. The Morgan fingerprint density at radius 1 is 0.923 bits per heavy atom. The summed E-state index contributed by atoms with van der Waals surface area (Å²) < 4.78 is 5.67. The number of rotatable bonds is 6. The summed E-state index contributed by atoms with van der Waals surface area (Å²) >= 11 is 0. The van der Waals surface area contributed by atoms with Gasteiger partial charge in [0.2, 0.25) is 0 Å². The minimum atomic E-state index is -0.750. The highest BCUT2D eigenvalue weighted by atomic mass is 16.5. The van der Waals surface area contributed by atoms with Gasteiger partial charge in [-0.2, -0.15) is 0 Å². The fourth-order valence-electron chi connectivity index (χ4n) is 2.63. The van der Waals surface area contributed by atoms with Crippen LogP contribution in [0.4, 0.5) is 5.69 Å². The molecular formula is C22H19NO3. The SMILES string of the molecule is C[C@H](Oc1ccccc1C=O)C(=O)Nc1ccccc1-c1ccccc1. The van der Waals surface area contributed by atoms with Gasteiger partial charge in [-0.15, -0.1) is 0 Å². The number of hydrogen-bond acceptors (Lipinski definition) is 3. The first kappa shape index (κ1) is 17.4. The third-order valence-electron chi connectivity index (χ3n) is 3.99. The van der Waals surface area contributed by atoms with Crippen LogP contribution in [-0.4, -0.2) is 18.3 Å². The van der Waals surface area contributed by atoms with Crippen molar-refractivity contribution in [3.63, 3.8) is 0 Å². The van der Waals surface area contributed by atoms with Gasteiger partial charge < -0.3 is 10.1 Å². The second-order valence-corrected chi connectivity index (χ2v) is 5.82. The van der Waals surface area contributed by atoms with Crippen LogP contribution in [0.2, 0.25) is 0 Å². The van der Waals surface area contributed by atoms with Crippen LogP contribution < -0.4 is 10.1 Å². The van der Waals surface area contributed by atoms with E-state index in [1.807, 2.05) is 54.6 Å². The number of carbonyl (C=O) groups excluding carboxylic acids is 2. The summed E-state index contributed by atoms with van der Waals surface area (Å²) in [4.78, 5) is 23.7. The maximum atomic E-state index is 12.6. The van der Waals surface area contributed by atoms with Crippen LogP contribution >= 0.6 is 0 Å². The lowest BCUT2D eigenvalue weighted by atomic mass is 10.0. The van der Waals surface area contributed by atoms with Crippen LogP contribution in [0, 0.1) is 0 Å². The topological polar surface area (TPSA) is 55.4 Å². The van der Waals surface area contributed by atoms with E-state index < -0.39 is 6.10 Å². The van der Waals surface area contributed by atoms with E-state index in [-0.39, 0.29) is 5.91 Å². The van der Waals surface area contributed by atoms with Gasteiger partial charge in [-0.05, 0) is 30.7 Å². The molecule has 0 aliphatic rings. The molecular weight excluding hydrogens is 326 g/mol. The van der Waals surface area contributed by atoms with Crippen LogP contribution in [0.25, 0.3) is 11.1 Å². The second kappa shape index (κ2) is 8.12. The normalized spacial score (nSPS) is 11.4.